The number of hydrogen-bond acceptors (Lipinski definition) is 2. The fourth-order valence-corrected chi connectivity index (χ4v) is 5.13. The Labute approximate surface area is 156 Å². The van der Waals surface area contributed by atoms with Gasteiger partial charge >= 0.3 is 0 Å². The predicted octanol–water partition coefficient (Wildman–Crippen LogP) is 5.69. The molecular weight excluding hydrogens is 330 g/mol. The van der Waals surface area contributed by atoms with Crippen molar-refractivity contribution in [1.29, 1.82) is 0 Å². The number of hydrogen-bond donors (Lipinski definition) is 0. The Morgan fingerprint density at radius 1 is 0.920 bits per heavy atom. The first-order valence-corrected chi connectivity index (χ1v) is 10.5. The summed E-state index contributed by atoms with van der Waals surface area (Å²) >= 11 is 6.46. The lowest BCUT2D eigenvalue weighted by Gasteiger charge is -2.35. The molecule has 2 fully saturated rings. The van der Waals surface area contributed by atoms with Gasteiger partial charge in [-0.25, -0.2) is 4.98 Å². The SMILES string of the molecule is Clc1nc2ccccc2n1C1CCN(CC2CCCCCCC2)CC1. The number of aromatic nitrogens is 2. The molecule has 0 N–H and O–H groups in total. The first kappa shape index (κ1) is 17.4. The Kier molecular flexibility index (Phi) is 5.62. The molecule has 0 radical (unpaired) electrons. The van der Waals surface area contributed by atoms with Crippen LogP contribution in [0.4, 0.5) is 0 Å². The highest BCUT2D eigenvalue weighted by molar-refractivity contribution is 6.29. The van der Waals surface area contributed by atoms with Crippen molar-refractivity contribution in [3.63, 3.8) is 0 Å². The molecule has 0 amide bonds. The van der Waals surface area contributed by atoms with Gasteiger partial charge in [-0.05, 0) is 55.3 Å². The van der Waals surface area contributed by atoms with E-state index < -0.39 is 0 Å². The molecule has 136 valence electrons. The smallest absolute Gasteiger partial charge is 0.204 e. The third kappa shape index (κ3) is 4.03. The van der Waals surface area contributed by atoms with Crippen LogP contribution in [0.3, 0.4) is 0 Å². The fourth-order valence-electron chi connectivity index (χ4n) is 4.81. The molecule has 25 heavy (non-hydrogen) atoms. The molecule has 0 spiro atoms. The summed E-state index contributed by atoms with van der Waals surface area (Å²) in [6, 6.07) is 8.82. The maximum Gasteiger partial charge on any atom is 0.204 e. The van der Waals surface area contributed by atoms with Crippen molar-refractivity contribution in [2.24, 2.45) is 5.92 Å². The van der Waals surface area contributed by atoms with Crippen molar-refractivity contribution in [2.75, 3.05) is 19.6 Å². The van der Waals surface area contributed by atoms with E-state index in [1.165, 1.54) is 82.9 Å². The van der Waals surface area contributed by atoms with Crippen molar-refractivity contribution in [2.45, 2.75) is 63.8 Å². The largest absolute Gasteiger partial charge is 0.311 e. The minimum absolute atomic E-state index is 0.494. The first-order chi connectivity index (χ1) is 12.3. The van der Waals surface area contributed by atoms with Gasteiger partial charge in [-0.2, -0.15) is 0 Å². The minimum atomic E-state index is 0.494. The number of para-hydroxylation sites is 2. The number of halogens is 1. The zero-order valence-electron chi connectivity index (χ0n) is 15.2. The lowest BCUT2D eigenvalue weighted by molar-refractivity contribution is 0.153. The molecule has 2 heterocycles. The Morgan fingerprint density at radius 2 is 1.60 bits per heavy atom. The van der Waals surface area contributed by atoms with E-state index in [0.717, 1.165) is 11.4 Å². The van der Waals surface area contributed by atoms with Crippen molar-refractivity contribution < 1.29 is 0 Å². The quantitative estimate of drug-likeness (QED) is 0.702. The number of benzene rings is 1. The van der Waals surface area contributed by atoms with Crippen LogP contribution in [0.15, 0.2) is 24.3 Å². The van der Waals surface area contributed by atoms with Gasteiger partial charge < -0.3 is 9.47 Å². The van der Waals surface area contributed by atoms with Crippen LogP contribution in [0, 0.1) is 5.92 Å². The number of imidazole rings is 1. The highest BCUT2D eigenvalue weighted by Crippen LogP contribution is 2.32. The lowest BCUT2D eigenvalue weighted by Crippen LogP contribution is -2.38. The summed E-state index contributed by atoms with van der Waals surface area (Å²) in [6.45, 7) is 3.71. The normalized spacial score (nSPS) is 22.1. The second-order valence-electron chi connectivity index (χ2n) is 7.98. The second-order valence-corrected chi connectivity index (χ2v) is 8.32. The highest BCUT2D eigenvalue weighted by Gasteiger charge is 2.25. The van der Waals surface area contributed by atoms with Gasteiger partial charge in [-0.15, -0.1) is 0 Å². The fraction of sp³-hybridized carbons (Fsp3) is 0.667. The molecule has 4 rings (SSSR count). The van der Waals surface area contributed by atoms with Gasteiger partial charge in [0.25, 0.3) is 0 Å². The third-order valence-electron chi connectivity index (χ3n) is 6.22. The average Bonchev–Trinajstić information content (AvgIpc) is 2.94. The molecule has 4 heteroatoms. The van der Waals surface area contributed by atoms with E-state index in [1.807, 2.05) is 6.07 Å². The molecule has 1 aromatic heterocycles. The third-order valence-corrected chi connectivity index (χ3v) is 6.48. The Hall–Kier alpha value is -1.06. The molecule has 2 aliphatic rings. The first-order valence-electron chi connectivity index (χ1n) is 10.2. The number of likely N-dealkylation sites (tertiary alicyclic amines) is 1. The van der Waals surface area contributed by atoms with Crippen molar-refractivity contribution >= 4 is 22.6 Å². The van der Waals surface area contributed by atoms with Crippen LogP contribution in [0.25, 0.3) is 11.0 Å². The van der Waals surface area contributed by atoms with Gasteiger partial charge in [0.2, 0.25) is 5.28 Å². The minimum Gasteiger partial charge on any atom is -0.311 e. The molecule has 1 saturated heterocycles. The van der Waals surface area contributed by atoms with Crippen LogP contribution in [0.1, 0.15) is 63.8 Å². The van der Waals surface area contributed by atoms with Gasteiger partial charge in [0.05, 0.1) is 11.0 Å². The predicted molar refractivity (Wildman–Crippen MR) is 105 cm³/mol. The van der Waals surface area contributed by atoms with E-state index >= 15 is 0 Å². The van der Waals surface area contributed by atoms with Crippen LogP contribution in [-0.4, -0.2) is 34.1 Å². The standard InChI is InChI=1S/C21H30ClN3/c22-21-23-19-10-6-7-11-20(19)25(21)18-12-14-24(15-13-18)16-17-8-4-2-1-3-5-9-17/h6-7,10-11,17-18H,1-5,8-9,12-16H2. The molecule has 0 bridgehead atoms. The Morgan fingerprint density at radius 3 is 2.36 bits per heavy atom. The summed E-state index contributed by atoms with van der Waals surface area (Å²) in [5.41, 5.74) is 2.20. The van der Waals surface area contributed by atoms with Gasteiger partial charge in [0, 0.05) is 25.7 Å². The van der Waals surface area contributed by atoms with E-state index in [1.54, 1.807) is 0 Å². The maximum absolute atomic E-state index is 6.46. The van der Waals surface area contributed by atoms with Gasteiger partial charge in [0.1, 0.15) is 0 Å². The molecule has 1 aromatic carbocycles. The molecule has 3 nitrogen and oxygen atoms in total. The topological polar surface area (TPSA) is 21.1 Å². The van der Waals surface area contributed by atoms with Gasteiger partial charge in [0.15, 0.2) is 0 Å². The molecular formula is C21H30ClN3. The van der Waals surface area contributed by atoms with E-state index in [4.69, 9.17) is 11.6 Å². The summed E-state index contributed by atoms with van der Waals surface area (Å²) in [6.07, 6.45) is 12.5. The van der Waals surface area contributed by atoms with E-state index in [0.29, 0.717) is 11.3 Å². The van der Waals surface area contributed by atoms with Crippen LogP contribution in [-0.2, 0) is 0 Å². The molecule has 0 unspecified atom stereocenters. The summed E-state index contributed by atoms with van der Waals surface area (Å²) in [7, 11) is 0. The van der Waals surface area contributed by atoms with Crippen molar-refractivity contribution in [3.8, 4) is 0 Å². The van der Waals surface area contributed by atoms with Crippen LogP contribution in [0.5, 0.6) is 0 Å². The molecule has 1 aliphatic carbocycles. The Balaban J connectivity index is 1.37. The average molecular weight is 360 g/mol. The van der Waals surface area contributed by atoms with E-state index in [-0.39, 0.29) is 0 Å². The number of nitrogens with zero attached hydrogens (tertiary/aromatic N) is 3. The second kappa shape index (κ2) is 8.09. The van der Waals surface area contributed by atoms with E-state index in [2.05, 4.69) is 32.7 Å². The highest BCUT2D eigenvalue weighted by atomic mass is 35.5. The van der Waals surface area contributed by atoms with E-state index in [9.17, 15) is 0 Å². The van der Waals surface area contributed by atoms with Gasteiger partial charge in [-0.3, -0.25) is 0 Å². The van der Waals surface area contributed by atoms with Crippen molar-refractivity contribution in [3.05, 3.63) is 29.5 Å². The van der Waals surface area contributed by atoms with Crippen LogP contribution >= 0.6 is 11.6 Å². The molecule has 2 aromatic rings. The number of fused-ring (bicyclic) bond motifs is 1. The number of piperidine rings is 1. The zero-order chi connectivity index (χ0) is 17.1. The summed E-state index contributed by atoms with van der Waals surface area (Å²) < 4.78 is 2.27. The zero-order valence-corrected chi connectivity index (χ0v) is 15.9. The monoisotopic (exact) mass is 359 g/mol. The lowest BCUT2D eigenvalue weighted by atomic mass is 9.90. The van der Waals surface area contributed by atoms with Gasteiger partial charge in [-0.1, -0.05) is 44.2 Å². The van der Waals surface area contributed by atoms with Crippen molar-refractivity contribution in [1.82, 2.24) is 14.5 Å². The van der Waals surface area contributed by atoms with Crippen LogP contribution in [0.2, 0.25) is 5.28 Å². The molecule has 1 saturated carbocycles. The Bertz CT molecular complexity index is 680. The summed E-state index contributed by atoms with van der Waals surface area (Å²) in [5, 5.41) is 0.652. The van der Waals surface area contributed by atoms with Crippen LogP contribution < -0.4 is 0 Å². The molecule has 0 atom stereocenters. The maximum atomic E-state index is 6.46. The molecule has 1 aliphatic heterocycles. The summed E-state index contributed by atoms with van der Waals surface area (Å²) in [5.74, 6) is 0.925. The summed E-state index contributed by atoms with van der Waals surface area (Å²) in [4.78, 5) is 7.24. The number of rotatable bonds is 3.